The molecule has 4 heteroatoms. The van der Waals surface area contributed by atoms with E-state index < -0.39 is 0 Å². The minimum absolute atomic E-state index is 0.342. The molecule has 1 rings (SSSR count). The minimum atomic E-state index is -0.342. The number of unbranched alkanes of at least 4 members (excludes halogenated alkanes) is 3. The maximum Gasteiger partial charge on any atom is 0.127 e. The van der Waals surface area contributed by atoms with Gasteiger partial charge >= 0.3 is 0 Å². The van der Waals surface area contributed by atoms with Crippen molar-refractivity contribution in [1.82, 2.24) is 0 Å². The Morgan fingerprint density at radius 1 is 1.29 bits per heavy atom. The van der Waals surface area contributed by atoms with Gasteiger partial charge in [0.15, 0.2) is 0 Å². The molecular weight excluding hydrogens is 219 g/mol. The van der Waals surface area contributed by atoms with E-state index in [1.165, 1.54) is 31.2 Å². The summed E-state index contributed by atoms with van der Waals surface area (Å²) < 4.78 is 18.7. The Morgan fingerprint density at radius 3 is 2.82 bits per heavy atom. The van der Waals surface area contributed by atoms with Crippen LogP contribution in [0.3, 0.4) is 0 Å². The molecular formula is C13H19FN2O. The van der Waals surface area contributed by atoms with Crippen LogP contribution in [0.5, 0.6) is 5.75 Å². The van der Waals surface area contributed by atoms with Crippen LogP contribution in [-0.2, 0) is 0 Å². The average Bonchev–Trinajstić information content (AvgIpc) is 2.28. The molecule has 1 aromatic carbocycles. The summed E-state index contributed by atoms with van der Waals surface area (Å²) in [5.41, 5.74) is 0.607. The summed E-state index contributed by atoms with van der Waals surface area (Å²) in [5.74, 6) is 5.20. The van der Waals surface area contributed by atoms with Gasteiger partial charge in [-0.3, -0.25) is 0 Å². The van der Waals surface area contributed by atoms with Crippen molar-refractivity contribution in [3.8, 4) is 5.75 Å². The number of rotatable bonds is 7. The lowest BCUT2D eigenvalue weighted by Gasteiger charge is -2.06. The summed E-state index contributed by atoms with van der Waals surface area (Å²) in [4.78, 5) is 0. The van der Waals surface area contributed by atoms with Crippen molar-refractivity contribution in [2.45, 2.75) is 32.6 Å². The summed E-state index contributed by atoms with van der Waals surface area (Å²) in [6.45, 7) is 2.77. The quantitative estimate of drug-likeness (QED) is 0.343. The van der Waals surface area contributed by atoms with E-state index in [4.69, 9.17) is 10.6 Å². The number of halogens is 1. The summed E-state index contributed by atoms with van der Waals surface area (Å²) in [7, 11) is 0. The monoisotopic (exact) mass is 238 g/mol. The SMILES string of the molecule is CCCCCCOc1cc(F)cc(C=NN)c1. The van der Waals surface area contributed by atoms with E-state index in [2.05, 4.69) is 12.0 Å². The van der Waals surface area contributed by atoms with Gasteiger partial charge in [-0.2, -0.15) is 5.10 Å². The molecule has 0 fully saturated rings. The first kappa shape index (κ1) is 13.5. The Hall–Kier alpha value is -1.58. The van der Waals surface area contributed by atoms with Gasteiger partial charge in [-0.25, -0.2) is 4.39 Å². The van der Waals surface area contributed by atoms with Crippen molar-refractivity contribution >= 4 is 6.21 Å². The highest BCUT2D eigenvalue weighted by atomic mass is 19.1. The first-order chi connectivity index (χ1) is 8.26. The Kier molecular flexibility index (Phi) is 6.07. The maximum absolute atomic E-state index is 13.2. The number of hydrogen-bond acceptors (Lipinski definition) is 3. The summed E-state index contributed by atoms with van der Waals surface area (Å²) in [5, 5.41) is 3.36. The highest BCUT2D eigenvalue weighted by Gasteiger charge is 2.00. The molecule has 94 valence electrons. The first-order valence-corrected chi connectivity index (χ1v) is 5.93. The van der Waals surface area contributed by atoms with E-state index in [-0.39, 0.29) is 5.82 Å². The minimum Gasteiger partial charge on any atom is -0.493 e. The number of hydrogen-bond donors (Lipinski definition) is 1. The fraction of sp³-hybridized carbons (Fsp3) is 0.462. The lowest BCUT2D eigenvalue weighted by atomic mass is 10.2. The molecule has 0 radical (unpaired) electrons. The first-order valence-electron chi connectivity index (χ1n) is 5.93. The topological polar surface area (TPSA) is 47.6 Å². The largest absolute Gasteiger partial charge is 0.493 e. The third-order valence-corrected chi connectivity index (χ3v) is 2.38. The third-order valence-electron chi connectivity index (χ3n) is 2.38. The van der Waals surface area contributed by atoms with E-state index in [0.717, 1.165) is 12.8 Å². The second-order valence-electron chi connectivity index (χ2n) is 3.91. The normalized spacial score (nSPS) is 10.9. The van der Waals surface area contributed by atoms with Crippen LogP contribution in [0.2, 0.25) is 0 Å². The number of nitrogens with two attached hydrogens (primary N) is 1. The molecule has 0 aliphatic carbocycles. The van der Waals surface area contributed by atoms with Gasteiger partial charge in [0.05, 0.1) is 12.8 Å². The van der Waals surface area contributed by atoms with Crippen molar-refractivity contribution in [2.24, 2.45) is 10.9 Å². The zero-order valence-electron chi connectivity index (χ0n) is 10.2. The fourth-order valence-electron chi connectivity index (χ4n) is 1.55. The van der Waals surface area contributed by atoms with E-state index in [1.54, 1.807) is 6.07 Å². The van der Waals surface area contributed by atoms with E-state index >= 15 is 0 Å². The summed E-state index contributed by atoms with van der Waals surface area (Å²) in [6.07, 6.45) is 5.93. The molecule has 0 bridgehead atoms. The average molecular weight is 238 g/mol. The molecule has 3 nitrogen and oxygen atoms in total. The molecule has 17 heavy (non-hydrogen) atoms. The van der Waals surface area contributed by atoms with Crippen molar-refractivity contribution in [2.75, 3.05) is 6.61 Å². The van der Waals surface area contributed by atoms with E-state index in [9.17, 15) is 4.39 Å². The van der Waals surface area contributed by atoms with Crippen molar-refractivity contribution in [3.63, 3.8) is 0 Å². The molecule has 0 aliphatic rings. The van der Waals surface area contributed by atoms with Gasteiger partial charge in [-0.1, -0.05) is 26.2 Å². The van der Waals surface area contributed by atoms with Crippen molar-refractivity contribution in [1.29, 1.82) is 0 Å². The second-order valence-corrected chi connectivity index (χ2v) is 3.91. The molecule has 1 aromatic rings. The zero-order valence-corrected chi connectivity index (χ0v) is 10.2. The Bertz CT molecular complexity index is 366. The standard InChI is InChI=1S/C13H19FN2O/c1-2-3-4-5-6-17-13-8-11(10-16-15)7-12(14)9-13/h7-10H,2-6,15H2,1H3. The Morgan fingerprint density at radius 2 is 2.12 bits per heavy atom. The van der Waals surface area contributed by atoms with Crippen LogP contribution >= 0.6 is 0 Å². The summed E-state index contributed by atoms with van der Waals surface area (Å²) in [6, 6.07) is 4.45. The molecule has 0 unspecified atom stereocenters. The lowest BCUT2D eigenvalue weighted by Crippen LogP contribution is -1.99. The van der Waals surface area contributed by atoms with Gasteiger partial charge in [0.1, 0.15) is 11.6 Å². The second kappa shape index (κ2) is 7.65. The fourth-order valence-corrected chi connectivity index (χ4v) is 1.55. The predicted molar refractivity (Wildman–Crippen MR) is 67.8 cm³/mol. The molecule has 0 heterocycles. The smallest absolute Gasteiger partial charge is 0.127 e. The van der Waals surface area contributed by atoms with Gasteiger partial charge in [0.25, 0.3) is 0 Å². The highest BCUT2D eigenvalue weighted by molar-refractivity contribution is 5.79. The zero-order chi connectivity index (χ0) is 12.5. The highest BCUT2D eigenvalue weighted by Crippen LogP contribution is 2.16. The number of hydrazone groups is 1. The molecule has 0 aliphatic heterocycles. The van der Waals surface area contributed by atoms with E-state index in [0.29, 0.717) is 17.9 Å². The van der Waals surface area contributed by atoms with Crippen LogP contribution in [0.15, 0.2) is 23.3 Å². The molecule has 0 aromatic heterocycles. The van der Waals surface area contributed by atoms with Crippen LogP contribution in [0.25, 0.3) is 0 Å². The van der Waals surface area contributed by atoms with Crippen LogP contribution < -0.4 is 10.6 Å². The van der Waals surface area contributed by atoms with Crippen molar-refractivity contribution < 1.29 is 9.13 Å². The molecule has 0 amide bonds. The van der Waals surface area contributed by atoms with Gasteiger partial charge in [-0.05, 0) is 18.6 Å². The third kappa shape index (κ3) is 5.33. The summed E-state index contributed by atoms with van der Waals surface area (Å²) >= 11 is 0. The Labute approximate surface area is 101 Å². The molecule has 0 spiro atoms. The molecule has 0 saturated heterocycles. The van der Waals surface area contributed by atoms with Crippen molar-refractivity contribution in [3.05, 3.63) is 29.6 Å². The predicted octanol–water partition coefficient (Wildman–Crippen LogP) is 3.08. The maximum atomic E-state index is 13.2. The van der Waals surface area contributed by atoms with Gasteiger partial charge < -0.3 is 10.6 Å². The number of ether oxygens (including phenoxy) is 1. The van der Waals surface area contributed by atoms with Gasteiger partial charge in [0.2, 0.25) is 0 Å². The lowest BCUT2D eigenvalue weighted by molar-refractivity contribution is 0.303. The van der Waals surface area contributed by atoms with Gasteiger partial charge in [0, 0.05) is 11.6 Å². The van der Waals surface area contributed by atoms with Crippen LogP contribution in [0, 0.1) is 5.82 Å². The van der Waals surface area contributed by atoms with Crippen LogP contribution in [0.4, 0.5) is 4.39 Å². The van der Waals surface area contributed by atoms with Gasteiger partial charge in [-0.15, -0.1) is 0 Å². The molecule has 0 saturated carbocycles. The number of nitrogens with zero attached hydrogens (tertiary/aromatic N) is 1. The number of benzene rings is 1. The van der Waals surface area contributed by atoms with Crippen LogP contribution in [-0.4, -0.2) is 12.8 Å². The Balaban J connectivity index is 2.47. The van der Waals surface area contributed by atoms with E-state index in [1.807, 2.05) is 0 Å². The molecule has 0 atom stereocenters. The van der Waals surface area contributed by atoms with Crippen LogP contribution in [0.1, 0.15) is 38.2 Å². The molecule has 2 N–H and O–H groups in total.